The fourth-order valence-corrected chi connectivity index (χ4v) is 3.13. The molecule has 2 aromatic rings. The summed E-state index contributed by atoms with van der Waals surface area (Å²) in [6, 6.07) is 12.3. The number of nitrogens with zero attached hydrogens (tertiary/aromatic N) is 2. The maximum atomic E-state index is 9.98. The predicted octanol–water partition coefficient (Wildman–Crippen LogP) is 2.40. The van der Waals surface area contributed by atoms with Gasteiger partial charge in [0.2, 0.25) is 0 Å². The van der Waals surface area contributed by atoms with Crippen LogP contribution in [-0.4, -0.2) is 37.1 Å². The molecule has 0 fully saturated rings. The van der Waals surface area contributed by atoms with Gasteiger partial charge in [0.05, 0.1) is 23.2 Å². The average Bonchev–Trinajstić information content (AvgIpc) is 2.92. The van der Waals surface area contributed by atoms with Crippen molar-refractivity contribution in [2.45, 2.75) is 6.10 Å². The molecule has 1 unspecified atom stereocenters. The van der Waals surface area contributed by atoms with E-state index in [1.165, 1.54) is 0 Å². The second kappa shape index (κ2) is 5.15. The van der Waals surface area contributed by atoms with Crippen LogP contribution in [0.4, 0.5) is 5.69 Å². The molecule has 0 aliphatic carbocycles. The van der Waals surface area contributed by atoms with E-state index < -0.39 is 6.10 Å². The first-order valence-electron chi connectivity index (χ1n) is 6.32. The number of hydrogen-bond acceptors (Lipinski definition) is 4. The Labute approximate surface area is 116 Å². The number of likely N-dealkylation sites (N-methyl/N-ethyl adjacent to an activating group) is 1. The van der Waals surface area contributed by atoms with E-state index in [2.05, 4.69) is 33.5 Å². The van der Waals surface area contributed by atoms with Crippen LogP contribution < -0.4 is 4.90 Å². The molecule has 3 rings (SSSR count). The van der Waals surface area contributed by atoms with Gasteiger partial charge in [-0.15, -0.1) is 11.3 Å². The van der Waals surface area contributed by atoms with Crippen LogP contribution in [0.5, 0.6) is 0 Å². The fourth-order valence-electron chi connectivity index (χ4n) is 2.38. The minimum Gasteiger partial charge on any atom is -0.389 e. The second-order valence-corrected chi connectivity index (χ2v) is 5.67. The van der Waals surface area contributed by atoms with E-state index in [4.69, 9.17) is 0 Å². The van der Waals surface area contributed by atoms with Gasteiger partial charge in [0, 0.05) is 24.8 Å². The average molecular weight is 272 g/mol. The molecule has 0 radical (unpaired) electrons. The molecule has 0 saturated heterocycles. The molecule has 0 bridgehead atoms. The second-order valence-electron chi connectivity index (χ2n) is 4.72. The molecule has 0 saturated carbocycles. The van der Waals surface area contributed by atoms with Crippen LogP contribution in [0.3, 0.4) is 0 Å². The first kappa shape index (κ1) is 12.4. The first-order chi connectivity index (χ1) is 9.25. The highest BCUT2D eigenvalue weighted by Crippen LogP contribution is 2.26. The van der Waals surface area contributed by atoms with E-state index in [9.17, 15) is 5.11 Å². The summed E-state index contributed by atoms with van der Waals surface area (Å²) in [5.41, 5.74) is 3.24. The lowest BCUT2D eigenvalue weighted by Crippen LogP contribution is -2.34. The maximum absolute atomic E-state index is 9.98. The number of rotatable bonds is 1. The molecule has 1 aromatic carbocycles. The Hall–Kier alpha value is -1.65. The Morgan fingerprint density at radius 1 is 1.26 bits per heavy atom. The number of benzene rings is 1. The molecule has 1 aliphatic rings. The normalized spacial score (nSPS) is 22.1. The molecule has 1 aliphatic heterocycles. The lowest BCUT2D eigenvalue weighted by atomic mass is 10.0. The number of aliphatic hydroxyl groups is 1. The molecule has 1 aromatic heterocycles. The van der Waals surface area contributed by atoms with Gasteiger partial charge in [-0.2, -0.15) is 0 Å². The summed E-state index contributed by atoms with van der Waals surface area (Å²) in [5, 5.41) is 12.0. The zero-order chi connectivity index (χ0) is 13.2. The highest BCUT2D eigenvalue weighted by atomic mass is 32.1. The minimum atomic E-state index is -0.423. The van der Waals surface area contributed by atoms with Crippen LogP contribution in [0.2, 0.25) is 0 Å². The first-order valence-corrected chi connectivity index (χ1v) is 7.20. The highest BCUT2D eigenvalue weighted by Gasteiger charge is 2.19. The number of anilines is 1. The summed E-state index contributed by atoms with van der Waals surface area (Å²) in [6.45, 7) is 1.06. The van der Waals surface area contributed by atoms with Crippen LogP contribution in [0.25, 0.3) is 0 Å². The van der Waals surface area contributed by atoms with Gasteiger partial charge in [-0.05, 0) is 17.5 Å². The Bertz CT molecular complexity index is 592. The van der Waals surface area contributed by atoms with Crippen molar-refractivity contribution in [2.75, 3.05) is 25.0 Å². The molecule has 0 spiro atoms. The molecule has 3 nitrogen and oxygen atoms in total. The van der Waals surface area contributed by atoms with Gasteiger partial charge in [0.1, 0.15) is 0 Å². The zero-order valence-electron chi connectivity index (χ0n) is 10.8. The number of aliphatic imine (C=N–C) groups is 1. The van der Waals surface area contributed by atoms with Crippen molar-refractivity contribution < 1.29 is 5.11 Å². The van der Waals surface area contributed by atoms with Gasteiger partial charge < -0.3 is 10.0 Å². The van der Waals surface area contributed by atoms with Crippen LogP contribution in [0.15, 0.2) is 46.8 Å². The highest BCUT2D eigenvalue weighted by molar-refractivity contribution is 7.12. The summed E-state index contributed by atoms with van der Waals surface area (Å²) in [7, 11) is 2.01. The lowest BCUT2D eigenvalue weighted by Gasteiger charge is -2.27. The molecule has 0 amide bonds. The largest absolute Gasteiger partial charge is 0.389 e. The third-order valence-corrected chi connectivity index (χ3v) is 4.15. The predicted molar refractivity (Wildman–Crippen MR) is 80.5 cm³/mol. The zero-order valence-corrected chi connectivity index (χ0v) is 11.6. The van der Waals surface area contributed by atoms with Gasteiger partial charge >= 0.3 is 0 Å². The van der Waals surface area contributed by atoms with Crippen LogP contribution in [0.1, 0.15) is 10.4 Å². The smallest absolute Gasteiger partial charge is 0.0909 e. The summed E-state index contributed by atoms with van der Waals surface area (Å²) in [6.07, 6.45) is -0.423. The van der Waals surface area contributed by atoms with Crippen molar-refractivity contribution in [2.24, 2.45) is 4.99 Å². The number of aliphatic hydroxyl groups excluding tert-OH is 1. The maximum Gasteiger partial charge on any atom is 0.0909 e. The van der Waals surface area contributed by atoms with Gasteiger partial charge in [0.25, 0.3) is 0 Å². The molecule has 19 heavy (non-hydrogen) atoms. The summed E-state index contributed by atoms with van der Waals surface area (Å²) < 4.78 is 0. The lowest BCUT2D eigenvalue weighted by molar-refractivity contribution is 0.190. The monoisotopic (exact) mass is 272 g/mol. The summed E-state index contributed by atoms with van der Waals surface area (Å²) in [5.74, 6) is 0. The SMILES string of the molecule is CN1CC(O)C/N=C(/c2cccs2)c2ccccc21. The Kier molecular flexibility index (Phi) is 3.36. The Morgan fingerprint density at radius 3 is 2.89 bits per heavy atom. The van der Waals surface area contributed by atoms with Gasteiger partial charge in [-0.1, -0.05) is 24.3 Å². The van der Waals surface area contributed by atoms with Crippen LogP contribution in [-0.2, 0) is 0 Å². The van der Waals surface area contributed by atoms with Crippen molar-refractivity contribution in [1.29, 1.82) is 0 Å². The van der Waals surface area contributed by atoms with Crippen molar-refractivity contribution in [3.63, 3.8) is 0 Å². The molecule has 98 valence electrons. The molecule has 2 heterocycles. The van der Waals surface area contributed by atoms with Crippen LogP contribution in [0, 0.1) is 0 Å². The van der Waals surface area contributed by atoms with E-state index in [1.807, 2.05) is 25.2 Å². The van der Waals surface area contributed by atoms with Crippen LogP contribution >= 0.6 is 11.3 Å². The summed E-state index contributed by atoms with van der Waals surface area (Å²) in [4.78, 5) is 7.88. The quantitative estimate of drug-likeness (QED) is 0.865. The van der Waals surface area contributed by atoms with Crippen molar-refractivity contribution >= 4 is 22.7 Å². The van der Waals surface area contributed by atoms with E-state index in [0.29, 0.717) is 13.1 Å². The minimum absolute atomic E-state index is 0.423. The molecule has 1 atom stereocenters. The number of hydrogen-bond donors (Lipinski definition) is 1. The van der Waals surface area contributed by atoms with Gasteiger partial charge in [-0.3, -0.25) is 4.99 Å². The van der Waals surface area contributed by atoms with Gasteiger partial charge in [0.15, 0.2) is 0 Å². The van der Waals surface area contributed by atoms with Crippen molar-refractivity contribution in [3.8, 4) is 0 Å². The molecular formula is C15H16N2OS. The molecular weight excluding hydrogens is 256 g/mol. The Balaban J connectivity index is 2.15. The number of para-hydroxylation sites is 1. The third-order valence-electron chi connectivity index (χ3n) is 3.27. The van der Waals surface area contributed by atoms with E-state index in [1.54, 1.807) is 11.3 Å². The standard InChI is InChI=1S/C15H16N2OS/c1-17-10-11(18)9-16-15(14-7-4-8-19-14)12-5-2-3-6-13(12)17/h2-8,11,18H,9-10H2,1H3/b16-15+. The third kappa shape index (κ3) is 2.41. The summed E-state index contributed by atoms with van der Waals surface area (Å²) >= 11 is 1.68. The number of thiophene rings is 1. The number of β-amino-alcohol motifs (C(OH)–C–C–N with tert-alkyl or cyclic N) is 1. The van der Waals surface area contributed by atoms with Crippen molar-refractivity contribution in [1.82, 2.24) is 0 Å². The topological polar surface area (TPSA) is 35.8 Å². The van der Waals surface area contributed by atoms with E-state index >= 15 is 0 Å². The van der Waals surface area contributed by atoms with Crippen molar-refractivity contribution in [3.05, 3.63) is 52.2 Å². The van der Waals surface area contributed by atoms with E-state index in [-0.39, 0.29) is 0 Å². The number of fused-ring (bicyclic) bond motifs is 1. The molecule has 1 N–H and O–H groups in total. The molecule has 4 heteroatoms. The van der Waals surface area contributed by atoms with Gasteiger partial charge in [-0.25, -0.2) is 0 Å². The fraction of sp³-hybridized carbons (Fsp3) is 0.267. The Morgan fingerprint density at radius 2 is 2.11 bits per heavy atom. The van der Waals surface area contributed by atoms with E-state index in [0.717, 1.165) is 21.8 Å².